The Morgan fingerprint density at radius 1 is 1.21 bits per heavy atom. The van der Waals surface area contributed by atoms with E-state index in [9.17, 15) is 9.59 Å². The summed E-state index contributed by atoms with van der Waals surface area (Å²) in [6.45, 7) is 5.76. The zero-order chi connectivity index (χ0) is 17.1. The highest BCUT2D eigenvalue weighted by Crippen LogP contribution is 2.29. The second kappa shape index (κ2) is 7.11. The Kier molecular flexibility index (Phi) is 4.92. The molecule has 1 aliphatic rings. The van der Waals surface area contributed by atoms with E-state index in [0.29, 0.717) is 32.0 Å². The molecule has 6 nitrogen and oxygen atoms in total. The predicted octanol–water partition coefficient (Wildman–Crippen LogP) is 2.55. The highest BCUT2D eigenvalue weighted by Gasteiger charge is 2.23. The molecule has 2 aromatic rings. The smallest absolute Gasteiger partial charge is 0.273 e. The van der Waals surface area contributed by atoms with Crippen LogP contribution < -0.4 is 5.32 Å². The first-order valence-corrected chi connectivity index (χ1v) is 8.58. The van der Waals surface area contributed by atoms with Crippen molar-refractivity contribution in [3.05, 3.63) is 34.8 Å². The molecule has 7 heteroatoms. The van der Waals surface area contributed by atoms with E-state index in [1.165, 1.54) is 18.3 Å². The van der Waals surface area contributed by atoms with Gasteiger partial charge in [0, 0.05) is 36.1 Å². The van der Waals surface area contributed by atoms with Gasteiger partial charge in [-0.1, -0.05) is 0 Å². The molecule has 1 aromatic heterocycles. The number of nitrogens with one attached hydrogen (secondary N) is 1. The molecule has 1 fully saturated rings. The van der Waals surface area contributed by atoms with Crippen LogP contribution in [0.4, 0.5) is 5.69 Å². The van der Waals surface area contributed by atoms with E-state index in [1.54, 1.807) is 4.90 Å². The van der Waals surface area contributed by atoms with Crippen LogP contribution in [0.5, 0.6) is 0 Å². The molecule has 1 saturated heterocycles. The Morgan fingerprint density at radius 3 is 2.50 bits per heavy atom. The molecule has 2 amide bonds. The minimum absolute atomic E-state index is 0.0341. The molecule has 0 atom stereocenters. The summed E-state index contributed by atoms with van der Waals surface area (Å²) in [5, 5.41) is 3.54. The van der Waals surface area contributed by atoms with Gasteiger partial charge in [0.1, 0.15) is 10.7 Å². The second-order valence-electron chi connectivity index (χ2n) is 5.59. The second-order valence-corrected chi connectivity index (χ2v) is 6.79. The van der Waals surface area contributed by atoms with Crippen molar-refractivity contribution in [3.63, 3.8) is 0 Å². The topological polar surface area (TPSA) is 71.5 Å². The summed E-state index contributed by atoms with van der Waals surface area (Å²) in [6, 6.07) is 7.45. The molecule has 3 rings (SSSR count). The number of benzene rings is 1. The Balaban J connectivity index is 1.80. The molecule has 0 saturated carbocycles. The Hall–Kier alpha value is -2.25. The van der Waals surface area contributed by atoms with Crippen LogP contribution in [0.3, 0.4) is 0 Å². The van der Waals surface area contributed by atoms with Gasteiger partial charge in [-0.15, -0.1) is 11.3 Å². The molecule has 0 bridgehead atoms. The summed E-state index contributed by atoms with van der Waals surface area (Å²) in [5.74, 6) is -0.139. The van der Waals surface area contributed by atoms with Gasteiger partial charge >= 0.3 is 0 Å². The molecule has 2 heterocycles. The third kappa shape index (κ3) is 3.63. The SMILES string of the molecule is CC(=O)Nc1ccc(-c2nc(C(=O)N3CCOCC3)c(C)s2)cc1. The first-order chi connectivity index (χ1) is 11.5. The Bertz CT molecular complexity index is 749. The fraction of sp³-hybridized carbons (Fsp3) is 0.353. The van der Waals surface area contributed by atoms with Crippen molar-refractivity contribution in [3.8, 4) is 10.6 Å². The van der Waals surface area contributed by atoms with Crippen molar-refractivity contribution < 1.29 is 14.3 Å². The summed E-state index contributed by atoms with van der Waals surface area (Å²) >= 11 is 1.50. The Labute approximate surface area is 144 Å². The van der Waals surface area contributed by atoms with Crippen LogP contribution in [-0.4, -0.2) is 48.0 Å². The molecular formula is C17H19N3O3S. The molecular weight excluding hydrogens is 326 g/mol. The average molecular weight is 345 g/mol. The highest BCUT2D eigenvalue weighted by molar-refractivity contribution is 7.15. The van der Waals surface area contributed by atoms with Gasteiger partial charge in [-0.05, 0) is 31.2 Å². The number of ether oxygens (including phenoxy) is 1. The van der Waals surface area contributed by atoms with Crippen molar-refractivity contribution >= 4 is 28.8 Å². The zero-order valence-electron chi connectivity index (χ0n) is 13.7. The number of thiazole rings is 1. The lowest BCUT2D eigenvalue weighted by molar-refractivity contribution is -0.114. The number of hydrogen-bond donors (Lipinski definition) is 1. The lowest BCUT2D eigenvalue weighted by Gasteiger charge is -2.26. The van der Waals surface area contributed by atoms with E-state index in [4.69, 9.17) is 4.74 Å². The van der Waals surface area contributed by atoms with Crippen molar-refractivity contribution in [1.82, 2.24) is 9.88 Å². The van der Waals surface area contributed by atoms with Gasteiger partial charge in [0.25, 0.3) is 5.91 Å². The third-order valence-corrected chi connectivity index (χ3v) is 4.77. The predicted molar refractivity (Wildman–Crippen MR) is 93.3 cm³/mol. The number of carbonyl (C=O) groups is 2. The van der Waals surface area contributed by atoms with E-state index in [0.717, 1.165) is 21.1 Å². The van der Waals surface area contributed by atoms with Crippen LogP contribution in [0, 0.1) is 6.92 Å². The van der Waals surface area contributed by atoms with E-state index in [2.05, 4.69) is 10.3 Å². The van der Waals surface area contributed by atoms with Crippen molar-refractivity contribution in [2.45, 2.75) is 13.8 Å². The lowest BCUT2D eigenvalue weighted by Crippen LogP contribution is -2.41. The lowest BCUT2D eigenvalue weighted by atomic mass is 10.2. The molecule has 1 N–H and O–H groups in total. The number of amides is 2. The van der Waals surface area contributed by atoms with E-state index >= 15 is 0 Å². The van der Waals surface area contributed by atoms with Gasteiger partial charge in [-0.25, -0.2) is 4.98 Å². The van der Waals surface area contributed by atoms with E-state index in [1.807, 2.05) is 31.2 Å². The molecule has 0 unspecified atom stereocenters. The number of hydrogen-bond acceptors (Lipinski definition) is 5. The minimum atomic E-state index is -0.105. The normalized spacial score (nSPS) is 14.5. The van der Waals surface area contributed by atoms with Crippen LogP contribution >= 0.6 is 11.3 Å². The molecule has 0 aliphatic carbocycles. The molecule has 24 heavy (non-hydrogen) atoms. The van der Waals surface area contributed by atoms with Gasteiger partial charge in [-0.3, -0.25) is 9.59 Å². The summed E-state index contributed by atoms with van der Waals surface area (Å²) in [7, 11) is 0. The molecule has 1 aliphatic heterocycles. The van der Waals surface area contributed by atoms with E-state index in [-0.39, 0.29) is 11.8 Å². The number of rotatable bonds is 3. The van der Waals surface area contributed by atoms with Gasteiger partial charge in [0.05, 0.1) is 13.2 Å². The van der Waals surface area contributed by atoms with Crippen molar-refractivity contribution in [1.29, 1.82) is 0 Å². The van der Waals surface area contributed by atoms with Gasteiger partial charge in [0.15, 0.2) is 0 Å². The number of aromatic nitrogens is 1. The fourth-order valence-electron chi connectivity index (χ4n) is 2.53. The highest BCUT2D eigenvalue weighted by atomic mass is 32.1. The van der Waals surface area contributed by atoms with Crippen LogP contribution in [0.25, 0.3) is 10.6 Å². The Morgan fingerprint density at radius 2 is 1.88 bits per heavy atom. The third-order valence-electron chi connectivity index (χ3n) is 3.75. The fourth-order valence-corrected chi connectivity index (χ4v) is 3.44. The maximum Gasteiger partial charge on any atom is 0.273 e. The number of aryl methyl sites for hydroxylation is 1. The molecule has 0 radical (unpaired) electrons. The average Bonchev–Trinajstić information content (AvgIpc) is 2.97. The molecule has 1 aromatic carbocycles. The molecule has 126 valence electrons. The number of anilines is 1. The zero-order valence-corrected chi connectivity index (χ0v) is 14.5. The van der Waals surface area contributed by atoms with Gasteiger partial charge < -0.3 is 15.0 Å². The first-order valence-electron chi connectivity index (χ1n) is 7.77. The van der Waals surface area contributed by atoms with Gasteiger partial charge in [-0.2, -0.15) is 0 Å². The summed E-state index contributed by atoms with van der Waals surface area (Å²) in [6.07, 6.45) is 0. The first kappa shape index (κ1) is 16.6. The summed E-state index contributed by atoms with van der Waals surface area (Å²) in [4.78, 5) is 30.9. The summed E-state index contributed by atoms with van der Waals surface area (Å²) < 4.78 is 5.29. The maximum absolute atomic E-state index is 12.6. The van der Waals surface area contributed by atoms with Crippen LogP contribution in [0.15, 0.2) is 24.3 Å². The number of nitrogens with zero attached hydrogens (tertiary/aromatic N) is 2. The standard InChI is InChI=1S/C17H19N3O3S/c1-11-15(17(22)20-7-9-23-10-8-20)19-16(24-11)13-3-5-14(6-4-13)18-12(2)21/h3-6H,7-10H2,1-2H3,(H,18,21). The van der Waals surface area contributed by atoms with Crippen LogP contribution in [0.2, 0.25) is 0 Å². The number of morpholine rings is 1. The monoisotopic (exact) mass is 345 g/mol. The quantitative estimate of drug-likeness (QED) is 0.928. The van der Waals surface area contributed by atoms with Crippen molar-refractivity contribution in [2.75, 3.05) is 31.6 Å². The van der Waals surface area contributed by atoms with Crippen LogP contribution in [0.1, 0.15) is 22.3 Å². The summed E-state index contributed by atoms with van der Waals surface area (Å²) in [5.41, 5.74) is 2.19. The maximum atomic E-state index is 12.6. The van der Waals surface area contributed by atoms with E-state index < -0.39 is 0 Å². The van der Waals surface area contributed by atoms with Gasteiger partial charge in [0.2, 0.25) is 5.91 Å². The molecule has 0 spiro atoms. The van der Waals surface area contributed by atoms with Crippen LogP contribution in [-0.2, 0) is 9.53 Å². The minimum Gasteiger partial charge on any atom is -0.378 e. The van der Waals surface area contributed by atoms with Crippen molar-refractivity contribution in [2.24, 2.45) is 0 Å². The largest absolute Gasteiger partial charge is 0.378 e. The number of carbonyl (C=O) groups excluding carboxylic acids is 2.